The van der Waals surface area contributed by atoms with Gasteiger partial charge in [0, 0.05) is 5.69 Å². The third-order valence-corrected chi connectivity index (χ3v) is 3.69. The van der Waals surface area contributed by atoms with Gasteiger partial charge in [0.1, 0.15) is 11.1 Å². The number of aromatic nitrogens is 1. The van der Waals surface area contributed by atoms with Gasteiger partial charge in [0.15, 0.2) is 17.7 Å². The first-order chi connectivity index (χ1) is 10.6. The van der Waals surface area contributed by atoms with Gasteiger partial charge in [0.05, 0.1) is 17.2 Å². The van der Waals surface area contributed by atoms with E-state index in [0.29, 0.717) is 21.8 Å². The number of carbonyl (C=O) groups is 1. The predicted molar refractivity (Wildman–Crippen MR) is 85.0 cm³/mol. The molecule has 7 heteroatoms. The zero-order valence-electron chi connectivity index (χ0n) is 11.4. The van der Waals surface area contributed by atoms with Crippen LogP contribution in [0.1, 0.15) is 10.4 Å². The van der Waals surface area contributed by atoms with Crippen molar-refractivity contribution < 1.29 is 13.9 Å². The van der Waals surface area contributed by atoms with Crippen molar-refractivity contribution in [2.45, 2.75) is 0 Å². The molecular weight excluding hydrogens is 327 g/mol. The average Bonchev–Trinajstić information content (AvgIpc) is 2.96. The van der Waals surface area contributed by atoms with Gasteiger partial charge in [-0.2, -0.15) is 0 Å². The molecule has 0 saturated carbocycles. The minimum absolute atomic E-state index is 0.178. The quantitative estimate of drug-likeness (QED) is 0.770. The van der Waals surface area contributed by atoms with E-state index in [4.69, 9.17) is 32.4 Å². The number of ether oxygens (including phenoxy) is 1. The number of fused-ring (bicyclic) bond motifs is 1. The van der Waals surface area contributed by atoms with Crippen LogP contribution < -0.4 is 10.1 Å². The molecule has 1 amide bonds. The van der Waals surface area contributed by atoms with E-state index < -0.39 is 5.91 Å². The first-order valence-electron chi connectivity index (χ1n) is 6.26. The Morgan fingerprint density at radius 1 is 1.23 bits per heavy atom. The average molecular weight is 337 g/mol. The molecule has 1 N–H and O–H groups in total. The summed E-state index contributed by atoms with van der Waals surface area (Å²) in [7, 11) is 1.43. The van der Waals surface area contributed by atoms with E-state index in [9.17, 15) is 4.79 Å². The fourth-order valence-corrected chi connectivity index (χ4v) is 2.54. The van der Waals surface area contributed by atoms with E-state index in [-0.39, 0.29) is 16.3 Å². The highest BCUT2D eigenvalue weighted by Crippen LogP contribution is 2.34. The van der Waals surface area contributed by atoms with E-state index >= 15 is 0 Å². The van der Waals surface area contributed by atoms with Gasteiger partial charge in [-0.3, -0.25) is 4.79 Å². The summed E-state index contributed by atoms with van der Waals surface area (Å²) in [6.45, 7) is 0. The lowest BCUT2D eigenvalue weighted by Crippen LogP contribution is -2.14. The van der Waals surface area contributed by atoms with Crippen LogP contribution in [-0.4, -0.2) is 18.0 Å². The Hall–Kier alpha value is -2.24. The maximum Gasteiger partial charge on any atom is 0.261 e. The highest BCUT2D eigenvalue weighted by atomic mass is 35.5. The van der Waals surface area contributed by atoms with Crippen molar-refractivity contribution in [2.24, 2.45) is 0 Å². The minimum Gasteiger partial charge on any atom is -0.494 e. The molecule has 0 spiro atoms. The fraction of sp³-hybridized carbons (Fsp3) is 0.0667. The van der Waals surface area contributed by atoms with Crippen molar-refractivity contribution in [1.29, 1.82) is 0 Å². The number of nitrogens with one attached hydrogen (secondary N) is 1. The number of methoxy groups -OCH3 is 1. The molecule has 1 heterocycles. The van der Waals surface area contributed by atoms with Gasteiger partial charge in [-0.25, -0.2) is 4.98 Å². The molecule has 0 fully saturated rings. The summed E-state index contributed by atoms with van der Waals surface area (Å²) in [6, 6.07) is 8.23. The SMILES string of the molecule is COc1c(Cl)ccc(Cl)c1C(=O)Nc1ccc2ocnc2c1. The number of oxazole rings is 1. The minimum atomic E-state index is -0.424. The second kappa shape index (κ2) is 5.87. The van der Waals surface area contributed by atoms with Gasteiger partial charge in [-0.05, 0) is 30.3 Å². The third kappa shape index (κ3) is 2.61. The number of hydrogen-bond acceptors (Lipinski definition) is 4. The molecule has 0 unspecified atom stereocenters. The van der Waals surface area contributed by atoms with Crippen LogP contribution in [0.2, 0.25) is 10.0 Å². The van der Waals surface area contributed by atoms with Crippen LogP contribution in [-0.2, 0) is 0 Å². The summed E-state index contributed by atoms with van der Waals surface area (Å²) in [4.78, 5) is 16.5. The van der Waals surface area contributed by atoms with Crippen LogP contribution in [0.5, 0.6) is 5.75 Å². The molecular formula is C15H10Cl2N2O3. The smallest absolute Gasteiger partial charge is 0.261 e. The van der Waals surface area contributed by atoms with Crippen LogP contribution in [0, 0.1) is 0 Å². The molecule has 22 heavy (non-hydrogen) atoms. The summed E-state index contributed by atoms with van der Waals surface area (Å²) in [5, 5.41) is 3.30. The van der Waals surface area contributed by atoms with Crippen molar-refractivity contribution in [1.82, 2.24) is 4.98 Å². The summed E-state index contributed by atoms with van der Waals surface area (Å²) in [5.41, 5.74) is 2.01. The van der Waals surface area contributed by atoms with Crippen molar-refractivity contribution >= 4 is 45.9 Å². The lowest BCUT2D eigenvalue weighted by molar-refractivity contribution is 0.102. The van der Waals surface area contributed by atoms with Crippen molar-refractivity contribution in [2.75, 3.05) is 12.4 Å². The Balaban J connectivity index is 1.96. The monoisotopic (exact) mass is 336 g/mol. The first-order valence-corrected chi connectivity index (χ1v) is 7.02. The summed E-state index contributed by atoms with van der Waals surface area (Å²) >= 11 is 12.1. The molecule has 0 bridgehead atoms. The number of amides is 1. The van der Waals surface area contributed by atoms with Crippen molar-refractivity contribution in [3.05, 3.63) is 52.3 Å². The number of halogens is 2. The highest BCUT2D eigenvalue weighted by Gasteiger charge is 2.19. The van der Waals surface area contributed by atoms with E-state index in [0.717, 1.165) is 0 Å². The summed E-state index contributed by atoms with van der Waals surface area (Å²) in [6.07, 6.45) is 1.34. The second-order valence-electron chi connectivity index (χ2n) is 4.43. The summed E-state index contributed by atoms with van der Waals surface area (Å²) in [5.74, 6) is -0.193. The van der Waals surface area contributed by atoms with Crippen LogP contribution in [0.3, 0.4) is 0 Å². The van der Waals surface area contributed by atoms with Crippen LogP contribution in [0.25, 0.3) is 11.1 Å². The molecule has 5 nitrogen and oxygen atoms in total. The Bertz CT molecular complexity index is 861. The Kier molecular flexibility index (Phi) is 3.92. The first kappa shape index (κ1) is 14.7. The number of nitrogens with zero attached hydrogens (tertiary/aromatic N) is 1. The maximum atomic E-state index is 12.5. The maximum absolute atomic E-state index is 12.5. The molecule has 0 aliphatic rings. The zero-order valence-corrected chi connectivity index (χ0v) is 12.9. The number of benzene rings is 2. The summed E-state index contributed by atoms with van der Waals surface area (Å²) < 4.78 is 10.3. The Labute approximate surface area is 135 Å². The largest absolute Gasteiger partial charge is 0.494 e. The number of rotatable bonds is 3. The topological polar surface area (TPSA) is 64.4 Å². The molecule has 3 rings (SSSR count). The molecule has 0 aliphatic carbocycles. The van der Waals surface area contributed by atoms with E-state index in [1.165, 1.54) is 13.5 Å². The third-order valence-electron chi connectivity index (χ3n) is 3.08. The molecule has 2 aromatic carbocycles. The number of anilines is 1. The van der Waals surface area contributed by atoms with Gasteiger partial charge < -0.3 is 14.5 Å². The Morgan fingerprint density at radius 3 is 2.77 bits per heavy atom. The van der Waals surface area contributed by atoms with Gasteiger partial charge in [-0.1, -0.05) is 23.2 Å². The lowest BCUT2D eigenvalue weighted by Gasteiger charge is -2.12. The number of carbonyl (C=O) groups excluding carboxylic acids is 1. The zero-order chi connectivity index (χ0) is 15.7. The van der Waals surface area contributed by atoms with Crippen molar-refractivity contribution in [3.8, 4) is 5.75 Å². The van der Waals surface area contributed by atoms with E-state index in [1.54, 1.807) is 30.3 Å². The fourth-order valence-electron chi connectivity index (χ4n) is 2.07. The van der Waals surface area contributed by atoms with Crippen LogP contribution in [0.15, 0.2) is 41.1 Å². The number of hydrogen-bond donors (Lipinski definition) is 1. The van der Waals surface area contributed by atoms with Gasteiger partial charge in [0.25, 0.3) is 5.91 Å². The molecule has 0 radical (unpaired) electrons. The molecule has 1 aromatic heterocycles. The molecule has 3 aromatic rings. The van der Waals surface area contributed by atoms with E-state index in [1.807, 2.05) is 0 Å². The van der Waals surface area contributed by atoms with Crippen LogP contribution in [0.4, 0.5) is 5.69 Å². The predicted octanol–water partition coefficient (Wildman–Crippen LogP) is 4.40. The molecule has 0 atom stereocenters. The standard InChI is InChI=1S/C15H10Cl2N2O3/c1-21-14-10(17)4-3-9(16)13(14)15(20)19-8-2-5-12-11(6-8)18-7-22-12/h2-7H,1H3,(H,19,20). The van der Waals surface area contributed by atoms with Gasteiger partial charge in [0.2, 0.25) is 0 Å². The highest BCUT2D eigenvalue weighted by molar-refractivity contribution is 6.37. The van der Waals surface area contributed by atoms with E-state index in [2.05, 4.69) is 10.3 Å². The van der Waals surface area contributed by atoms with Crippen LogP contribution >= 0.6 is 23.2 Å². The Morgan fingerprint density at radius 2 is 2.00 bits per heavy atom. The van der Waals surface area contributed by atoms with Crippen molar-refractivity contribution in [3.63, 3.8) is 0 Å². The lowest BCUT2D eigenvalue weighted by atomic mass is 10.1. The van der Waals surface area contributed by atoms with Gasteiger partial charge >= 0.3 is 0 Å². The molecule has 0 saturated heterocycles. The molecule has 112 valence electrons. The molecule has 0 aliphatic heterocycles. The second-order valence-corrected chi connectivity index (χ2v) is 5.24. The van der Waals surface area contributed by atoms with Gasteiger partial charge in [-0.15, -0.1) is 0 Å². The normalized spacial score (nSPS) is 10.7.